The molecule has 128 valence electrons. The predicted octanol–water partition coefficient (Wildman–Crippen LogP) is 1.37. The third kappa shape index (κ3) is 5.43. The summed E-state index contributed by atoms with van der Waals surface area (Å²) in [7, 11) is 4.10. The molecule has 2 aliphatic rings. The van der Waals surface area contributed by atoms with Crippen LogP contribution in [0.25, 0.3) is 0 Å². The summed E-state index contributed by atoms with van der Waals surface area (Å²) in [4.78, 5) is 9.39. The number of rotatable bonds is 4. The first-order valence-corrected chi connectivity index (χ1v) is 8.98. The van der Waals surface area contributed by atoms with Gasteiger partial charge in [0.1, 0.15) is 0 Å². The second kappa shape index (κ2) is 8.73. The highest BCUT2D eigenvalue weighted by Gasteiger charge is 2.22. The monoisotopic (exact) mass is 309 g/mol. The van der Waals surface area contributed by atoms with Gasteiger partial charge in [0.15, 0.2) is 5.96 Å². The first kappa shape index (κ1) is 17.5. The molecule has 0 amide bonds. The number of hydrogen-bond acceptors (Lipinski definition) is 3. The normalized spacial score (nSPS) is 24.0. The minimum absolute atomic E-state index is 0.568. The molecular weight excluding hydrogens is 274 g/mol. The Kier molecular flexibility index (Phi) is 6.96. The van der Waals surface area contributed by atoms with Crippen molar-refractivity contribution in [2.75, 3.05) is 46.8 Å². The molecule has 0 atom stereocenters. The Balaban J connectivity index is 1.67. The highest BCUT2D eigenvalue weighted by atomic mass is 15.2. The first-order chi connectivity index (χ1) is 10.6. The lowest BCUT2D eigenvalue weighted by molar-refractivity contribution is 0.167. The molecule has 2 heterocycles. The van der Waals surface area contributed by atoms with Crippen LogP contribution in [-0.2, 0) is 0 Å². The first-order valence-electron chi connectivity index (χ1n) is 8.98. The quantitative estimate of drug-likeness (QED) is 0.608. The van der Waals surface area contributed by atoms with Gasteiger partial charge in [0.05, 0.1) is 0 Å². The van der Waals surface area contributed by atoms with Crippen molar-refractivity contribution >= 4 is 5.96 Å². The Morgan fingerprint density at radius 2 is 1.73 bits per heavy atom. The van der Waals surface area contributed by atoms with E-state index in [2.05, 4.69) is 46.3 Å². The van der Waals surface area contributed by atoms with E-state index in [1.807, 2.05) is 7.05 Å². The molecule has 0 aliphatic carbocycles. The molecule has 2 fully saturated rings. The van der Waals surface area contributed by atoms with Crippen LogP contribution in [0.4, 0.5) is 0 Å². The standard InChI is InChI=1S/C17H35N5/c1-14(2)22-11-7-16(8-12-22)20-17(18-3)19-13-15-5-9-21(4)10-6-15/h14-16H,5-13H2,1-4H3,(H2,18,19,20). The third-order valence-electron chi connectivity index (χ3n) is 5.22. The van der Waals surface area contributed by atoms with E-state index in [1.165, 1.54) is 51.9 Å². The van der Waals surface area contributed by atoms with Crippen LogP contribution in [0, 0.1) is 5.92 Å². The summed E-state index contributed by atoms with van der Waals surface area (Å²) >= 11 is 0. The molecule has 5 heteroatoms. The van der Waals surface area contributed by atoms with Gasteiger partial charge in [-0.1, -0.05) is 0 Å². The van der Waals surface area contributed by atoms with E-state index in [0.717, 1.165) is 18.4 Å². The van der Waals surface area contributed by atoms with Crippen LogP contribution in [0.1, 0.15) is 39.5 Å². The van der Waals surface area contributed by atoms with Crippen LogP contribution in [-0.4, -0.2) is 74.7 Å². The molecule has 5 nitrogen and oxygen atoms in total. The lowest BCUT2D eigenvalue weighted by Crippen LogP contribution is -2.50. The highest BCUT2D eigenvalue weighted by Crippen LogP contribution is 2.15. The molecule has 0 unspecified atom stereocenters. The molecule has 2 aliphatic heterocycles. The van der Waals surface area contributed by atoms with Crippen LogP contribution in [0.3, 0.4) is 0 Å². The van der Waals surface area contributed by atoms with Gasteiger partial charge in [-0.05, 0) is 65.6 Å². The largest absolute Gasteiger partial charge is 0.356 e. The average Bonchev–Trinajstić information content (AvgIpc) is 2.53. The van der Waals surface area contributed by atoms with Crippen LogP contribution in [0.2, 0.25) is 0 Å². The number of likely N-dealkylation sites (tertiary alicyclic amines) is 2. The molecular formula is C17H35N5. The molecule has 2 saturated heterocycles. The van der Waals surface area contributed by atoms with Gasteiger partial charge in [0, 0.05) is 38.8 Å². The molecule has 0 aromatic heterocycles. The fraction of sp³-hybridized carbons (Fsp3) is 0.941. The topological polar surface area (TPSA) is 42.9 Å². The molecule has 2 rings (SSSR count). The summed E-state index contributed by atoms with van der Waals surface area (Å²) in [6, 6.07) is 1.24. The molecule has 0 bridgehead atoms. The van der Waals surface area contributed by atoms with Crippen molar-refractivity contribution in [1.29, 1.82) is 0 Å². The Morgan fingerprint density at radius 3 is 2.27 bits per heavy atom. The summed E-state index contributed by atoms with van der Waals surface area (Å²) in [5, 5.41) is 7.16. The second-order valence-corrected chi connectivity index (χ2v) is 7.25. The summed E-state index contributed by atoms with van der Waals surface area (Å²) in [6.07, 6.45) is 5.03. The smallest absolute Gasteiger partial charge is 0.191 e. The second-order valence-electron chi connectivity index (χ2n) is 7.25. The van der Waals surface area contributed by atoms with Gasteiger partial charge in [-0.3, -0.25) is 4.99 Å². The van der Waals surface area contributed by atoms with Gasteiger partial charge >= 0.3 is 0 Å². The molecule has 22 heavy (non-hydrogen) atoms. The Labute approximate surface area is 136 Å². The van der Waals surface area contributed by atoms with E-state index < -0.39 is 0 Å². The van der Waals surface area contributed by atoms with E-state index in [-0.39, 0.29) is 0 Å². The van der Waals surface area contributed by atoms with Crippen molar-refractivity contribution in [3.63, 3.8) is 0 Å². The van der Waals surface area contributed by atoms with Gasteiger partial charge in [-0.15, -0.1) is 0 Å². The van der Waals surface area contributed by atoms with Gasteiger partial charge in [-0.2, -0.15) is 0 Å². The van der Waals surface area contributed by atoms with E-state index in [0.29, 0.717) is 12.1 Å². The van der Waals surface area contributed by atoms with Crippen molar-refractivity contribution in [3.8, 4) is 0 Å². The van der Waals surface area contributed by atoms with E-state index in [9.17, 15) is 0 Å². The molecule has 0 aromatic carbocycles. The number of nitrogens with zero attached hydrogens (tertiary/aromatic N) is 3. The van der Waals surface area contributed by atoms with Crippen LogP contribution in [0.5, 0.6) is 0 Å². The minimum atomic E-state index is 0.568. The third-order valence-corrected chi connectivity index (χ3v) is 5.22. The maximum Gasteiger partial charge on any atom is 0.191 e. The van der Waals surface area contributed by atoms with Gasteiger partial charge < -0.3 is 20.4 Å². The fourth-order valence-corrected chi connectivity index (χ4v) is 3.46. The van der Waals surface area contributed by atoms with Gasteiger partial charge in [0.2, 0.25) is 0 Å². The van der Waals surface area contributed by atoms with Crippen molar-refractivity contribution < 1.29 is 0 Å². The molecule has 0 spiro atoms. The number of nitrogens with one attached hydrogen (secondary N) is 2. The maximum absolute atomic E-state index is 4.41. The highest BCUT2D eigenvalue weighted by molar-refractivity contribution is 5.79. The SMILES string of the molecule is CN=C(NCC1CCN(C)CC1)NC1CCN(C(C)C)CC1. The zero-order valence-corrected chi connectivity index (χ0v) is 14.9. The van der Waals surface area contributed by atoms with Crippen molar-refractivity contribution in [2.24, 2.45) is 10.9 Å². The minimum Gasteiger partial charge on any atom is -0.356 e. The van der Waals surface area contributed by atoms with E-state index >= 15 is 0 Å². The Morgan fingerprint density at radius 1 is 1.09 bits per heavy atom. The summed E-state index contributed by atoms with van der Waals surface area (Å²) in [5.74, 6) is 1.78. The van der Waals surface area contributed by atoms with Crippen molar-refractivity contribution in [1.82, 2.24) is 20.4 Å². The molecule has 2 N–H and O–H groups in total. The lowest BCUT2D eigenvalue weighted by atomic mass is 9.97. The number of piperidine rings is 2. The predicted molar refractivity (Wildman–Crippen MR) is 94.4 cm³/mol. The van der Waals surface area contributed by atoms with E-state index in [1.54, 1.807) is 0 Å². The number of hydrogen-bond donors (Lipinski definition) is 2. The van der Waals surface area contributed by atoms with Crippen LogP contribution in [0.15, 0.2) is 4.99 Å². The van der Waals surface area contributed by atoms with Crippen LogP contribution >= 0.6 is 0 Å². The summed E-state index contributed by atoms with van der Waals surface area (Å²) in [6.45, 7) is 10.5. The van der Waals surface area contributed by atoms with Crippen molar-refractivity contribution in [2.45, 2.75) is 51.6 Å². The van der Waals surface area contributed by atoms with E-state index in [4.69, 9.17) is 0 Å². The molecule has 0 saturated carbocycles. The summed E-state index contributed by atoms with van der Waals surface area (Å²) in [5.41, 5.74) is 0. The zero-order valence-electron chi connectivity index (χ0n) is 14.9. The fourth-order valence-electron chi connectivity index (χ4n) is 3.46. The Bertz CT molecular complexity index is 339. The lowest BCUT2D eigenvalue weighted by Gasteiger charge is -2.35. The van der Waals surface area contributed by atoms with Gasteiger partial charge in [0.25, 0.3) is 0 Å². The zero-order chi connectivity index (χ0) is 15.9. The summed E-state index contributed by atoms with van der Waals surface area (Å²) < 4.78 is 0. The van der Waals surface area contributed by atoms with Crippen molar-refractivity contribution in [3.05, 3.63) is 0 Å². The van der Waals surface area contributed by atoms with Gasteiger partial charge in [-0.25, -0.2) is 0 Å². The molecule has 0 radical (unpaired) electrons. The molecule has 0 aromatic rings. The Hall–Kier alpha value is -0.810. The number of aliphatic imine (C=N–C) groups is 1. The maximum atomic E-state index is 4.41. The average molecular weight is 310 g/mol. The number of guanidine groups is 1. The van der Waals surface area contributed by atoms with Crippen LogP contribution < -0.4 is 10.6 Å².